The quantitative estimate of drug-likeness (QED) is 0.842. The van der Waals surface area contributed by atoms with Crippen molar-refractivity contribution in [3.8, 4) is 0 Å². The van der Waals surface area contributed by atoms with Gasteiger partial charge >= 0.3 is 0 Å². The van der Waals surface area contributed by atoms with Crippen LogP contribution in [0.5, 0.6) is 0 Å². The Bertz CT molecular complexity index is 525. The van der Waals surface area contributed by atoms with Gasteiger partial charge in [-0.15, -0.1) is 0 Å². The minimum Gasteiger partial charge on any atom is -0.356 e. The molecule has 1 saturated heterocycles. The second-order valence-electron chi connectivity index (χ2n) is 5.90. The number of rotatable bonds is 6. The molecule has 126 valence electrons. The highest BCUT2D eigenvalue weighted by Gasteiger charge is 2.25. The molecule has 0 unspecified atom stereocenters. The molecule has 1 aliphatic rings. The van der Waals surface area contributed by atoms with E-state index in [0.29, 0.717) is 12.2 Å². The van der Waals surface area contributed by atoms with Gasteiger partial charge in [-0.1, -0.05) is 6.92 Å². The lowest BCUT2D eigenvalue weighted by Crippen LogP contribution is -2.43. The van der Waals surface area contributed by atoms with E-state index in [9.17, 15) is 14.0 Å². The zero-order chi connectivity index (χ0) is 16.7. The van der Waals surface area contributed by atoms with Crippen LogP contribution < -0.4 is 10.6 Å². The summed E-state index contributed by atoms with van der Waals surface area (Å²) in [6.45, 7) is 4.52. The van der Waals surface area contributed by atoms with Gasteiger partial charge in [0.25, 0.3) is 0 Å². The summed E-state index contributed by atoms with van der Waals surface area (Å²) >= 11 is 0. The molecule has 1 fully saturated rings. The first kappa shape index (κ1) is 17.4. The smallest absolute Gasteiger partial charge is 0.238 e. The molecule has 2 amide bonds. The van der Waals surface area contributed by atoms with Crippen LogP contribution in [-0.2, 0) is 9.59 Å². The predicted octanol–water partition coefficient (Wildman–Crippen LogP) is 2.00. The van der Waals surface area contributed by atoms with Crippen molar-refractivity contribution in [2.24, 2.45) is 5.92 Å². The Morgan fingerprint density at radius 3 is 2.48 bits per heavy atom. The van der Waals surface area contributed by atoms with Crippen molar-refractivity contribution in [1.29, 1.82) is 0 Å². The SMILES string of the molecule is CCCNC(=O)C1CCN(CC(=O)Nc2ccc(F)cc2)CC1. The topological polar surface area (TPSA) is 61.4 Å². The van der Waals surface area contributed by atoms with Crippen molar-refractivity contribution in [2.75, 3.05) is 31.5 Å². The fraction of sp³-hybridized carbons (Fsp3) is 0.529. The maximum atomic E-state index is 12.8. The first-order chi connectivity index (χ1) is 11.1. The molecule has 2 rings (SSSR count). The number of carbonyl (C=O) groups is 2. The summed E-state index contributed by atoms with van der Waals surface area (Å²) in [5.41, 5.74) is 0.588. The summed E-state index contributed by atoms with van der Waals surface area (Å²) in [4.78, 5) is 26.0. The van der Waals surface area contributed by atoms with E-state index >= 15 is 0 Å². The summed E-state index contributed by atoms with van der Waals surface area (Å²) in [6, 6.07) is 5.71. The number of halogens is 1. The van der Waals surface area contributed by atoms with Crippen LogP contribution in [0, 0.1) is 11.7 Å². The van der Waals surface area contributed by atoms with Crippen LogP contribution in [0.15, 0.2) is 24.3 Å². The number of anilines is 1. The number of benzene rings is 1. The van der Waals surface area contributed by atoms with Gasteiger partial charge in [-0.3, -0.25) is 14.5 Å². The van der Waals surface area contributed by atoms with Crippen molar-refractivity contribution in [3.63, 3.8) is 0 Å². The Hall–Kier alpha value is -1.95. The number of amides is 2. The molecule has 1 aromatic rings. The Morgan fingerprint density at radius 1 is 1.22 bits per heavy atom. The van der Waals surface area contributed by atoms with E-state index in [4.69, 9.17) is 0 Å². The molecule has 0 aliphatic carbocycles. The van der Waals surface area contributed by atoms with Gasteiger partial charge in [0, 0.05) is 18.2 Å². The average Bonchev–Trinajstić information content (AvgIpc) is 2.55. The van der Waals surface area contributed by atoms with Gasteiger partial charge in [0.15, 0.2) is 0 Å². The summed E-state index contributed by atoms with van der Waals surface area (Å²) in [5.74, 6) is -0.267. The van der Waals surface area contributed by atoms with Gasteiger partial charge in [-0.25, -0.2) is 4.39 Å². The third-order valence-corrected chi connectivity index (χ3v) is 4.00. The van der Waals surface area contributed by atoms with Crippen LogP contribution in [0.2, 0.25) is 0 Å². The highest BCUT2D eigenvalue weighted by molar-refractivity contribution is 5.92. The lowest BCUT2D eigenvalue weighted by molar-refractivity contribution is -0.126. The van der Waals surface area contributed by atoms with Crippen LogP contribution in [0.1, 0.15) is 26.2 Å². The second kappa shape index (κ2) is 8.62. The lowest BCUT2D eigenvalue weighted by Gasteiger charge is -2.30. The van der Waals surface area contributed by atoms with Gasteiger partial charge < -0.3 is 10.6 Å². The number of hydrogen-bond acceptors (Lipinski definition) is 3. The summed E-state index contributed by atoms with van der Waals surface area (Å²) in [5, 5.41) is 5.68. The van der Waals surface area contributed by atoms with Crippen molar-refractivity contribution in [2.45, 2.75) is 26.2 Å². The monoisotopic (exact) mass is 321 g/mol. The first-order valence-electron chi connectivity index (χ1n) is 8.14. The highest BCUT2D eigenvalue weighted by Crippen LogP contribution is 2.17. The molecule has 0 bridgehead atoms. The van der Waals surface area contributed by atoms with Crippen LogP contribution in [0.3, 0.4) is 0 Å². The normalized spacial score (nSPS) is 16.1. The number of nitrogens with zero attached hydrogens (tertiary/aromatic N) is 1. The molecule has 1 aromatic carbocycles. The van der Waals surface area contributed by atoms with Crippen LogP contribution >= 0.6 is 0 Å². The van der Waals surface area contributed by atoms with Crippen molar-refractivity contribution >= 4 is 17.5 Å². The zero-order valence-electron chi connectivity index (χ0n) is 13.5. The fourth-order valence-electron chi connectivity index (χ4n) is 2.68. The Labute approximate surface area is 136 Å². The molecule has 0 aromatic heterocycles. The Balaban J connectivity index is 1.72. The van der Waals surface area contributed by atoms with Crippen LogP contribution in [0.25, 0.3) is 0 Å². The molecule has 1 aliphatic heterocycles. The molecule has 5 nitrogen and oxygen atoms in total. The molecule has 23 heavy (non-hydrogen) atoms. The molecule has 6 heteroatoms. The van der Waals surface area contributed by atoms with Crippen LogP contribution in [0.4, 0.5) is 10.1 Å². The second-order valence-corrected chi connectivity index (χ2v) is 5.90. The van der Waals surface area contributed by atoms with Gasteiger partial charge in [-0.05, 0) is 56.6 Å². The highest BCUT2D eigenvalue weighted by atomic mass is 19.1. The number of piperidine rings is 1. The maximum absolute atomic E-state index is 12.8. The van der Waals surface area contributed by atoms with E-state index in [2.05, 4.69) is 10.6 Å². The third kappa shape index (κ3) is 5.63. The van der Waals surface area contributed by atoms with Crippen molar-refractivity contribution < 1.29 is 14.0 Å². The van der Waals surface area contributed by atoms with Gasteiger partial charge in [0.2, 0.25) is 11.8 Å². The number of likely N-dealkylation sites (tertiary alicyclic amines) is 1. The third-order valence-electron chi connectivity index (χ3n) is 4.00. The summed E-state index contributed by atoms with van der Waals surface area (Å²) < 4.78 is 12.8. The Morgan fingerprint density at radius 2 is 1.87 bits per heavy atom. The van der Waals surface area contributed by atoms with E-state index in [0.717, 1.165) is 38.9 Å². The van der Waals surface area contributed by atoms with Crippen molar-refractivity contribution in [3.05, 3.63) is 30.1 Å². The van der Waals surface area contributed by atoms with E-state index < -0.39 is 0 Å². The minimum atomic E-state index is -0.327. The largest absolute Gasteiger partial charge is 0.356 e. The summed E-state index contributed by atoms with van der Waals surface area (Å²) in [6.07, 6.45) is 2.49. The minimum absolute atomic E-state index is 0.0537. The molecular weight excluding hydrogens is 297 g/mol. The molecule has 0 atom stereocenters. The van der Waals surface area contributed by atoms with E-state index in [1.165, 1.54) is 24.3 Å². The number of nitrogens with one attached hydrogen (secondary N) is 2. The van der Waals surface area contributed by atoms with Crippen LogP contribution in [-0.4, -0.2) is 42.9 Å². The first-order valence-corrected chi connectivity index (χ1v) is 8.14. The van der Waals surface area contributed by atoms with E-state index in [1.807, 2.05) is 11.8 Å². The van der Waals surface area contributed by atoms with Gasteiger partial charge in [0.1, 0.15) is 5.82 Å². The average molecular weight is 321 g/mol. The predicted molar refractivity (Wildman–Crippen MR) is 87.5 cm³/mol. The molecule has 1 heterocycles. The van der Waals surface area contributed by atoms with Gasteiger partial charge in [0.05, 0.1) is 6.54 Å². The summed E-state index contributed by atoms with van der Waals surface area (Å²) in [7, 11) is 0. The maximum Gasteiger partial charge on any atom is 0.238 e. The fourth-order valence-corrected chi connectivity index (χ4v) is 2.68. The number of carbonyl (C=O) groups excluding carboxylic acids is 2. The Kier molecular flexibility index (Phi) is 6.52. The standard InChI is InChI=1S/C17H24FN3O2/c1-2-9-19-17(23)13-7-10-21(11-8-13)12-16(22)20-15-5-3-14(18)4-6-15/h3-6,13H,2,7-12H2,1H3,(H,19,23)(H,20,22). The zero-order valence-corrected chi connectivity index (χ0v) is 13.5. The molecule has 0 radical (unpaired) electrons. The van der Waals surface area contributed by atoms with E-state index in [-0.39, 0.29) is 23.5 Å². The van der Waals surface area contributed by atoms with Gasteiger partial charge in [-0.2, -0.15) is 0 Å². The molecule has 2 N–H and O–H groups in total. The van der Waals surface area contributed by atoms with Crippen molar-refractivity contribution in [1.82, 2.24) is 10.2 Å². The van der Waals surface area contributed by atoms with E-state index in [1.54, 1.807) is 0 Å². The lowest BCUT2D eigenvalue weighted by atomic mass is 9.96. The molecular formula is C17H24FN3O2. The molecule has 0 spiro atoms. The number of hydrogen-bond donors (Lipinski definition) is 2. The molecule has 0 saturated carbocycles.